The molecule has 108 valence electrons. The van der Waals surface area contributed by atoms with Gasteiger partial charge in [-0.3, -0.25) is 9.78 Å². The first-order chi connectivity index (χ1) is 10.4. The molecule has 0 atom stereocenters. The van der Waals surface area contributed by atoms with E-state index in [1.54, 1.807) is 18.5 Å². The van der Waals surface area contributed by atoms with Gasteiger partial charge in [0.2, 0.25) is 0 Å². The molecule has 0 saturated heterocycles. The molecular weight excluding hydrogens is 266 g/mol. The average molecular weight is 283 g/mol. The highest BCUT2D eigenvalue weighted by molar-refractivity contribution is 5.85. The molecule has 0 radical (unpaired) electrons. The van der Waals surface area contributed by atoms with Crippen LogP contribution in [0.3, 0.4) is 0 Å². The first-order valence-corrected chi connectivity index (χ1v) is 6.51. The molecule has 0 aliphatic rings. The van der Waals surface area contributed by atoms with Crippen molar-refractivity contribution in [3.63, 3.8) is 0 Å². The number of nitrogens with one attached hydrogen (secondary N) is 2. The minimum atomic E-state index is 0.619. The van der Waals surface area contributed by atoms with E-state index in [0.717, 1.165) is 30.2 Å². The van der Waals surface area contributed by atoms with Crippen LogP contribution in [0.5, 0.6) is 0 Å². The molecule has 5 heteroatoms. The summed E-state index contributed by atoms with van der Waals surface area (Å²) < 4.78 is 0. The van der Waals surface area contributed by atoms with Crippen molar-refractivity contribution in [3.05, 3.63) is 60.0 Å². The number of pyridine rings is 1. The van der Waals surface area contributed by atoms with Crippen molar-refractivity contribution in [2.75, 3.05) is 12.4 Å². The molecule has 0 spiro atoms. The Bertz CT molecular complexity index is 722. The zero-order valence-corrected chi connectivity index (χ0v) is 11.7. The van der Waals surface area contributed by atoms with Crippen molar-refractivity contribution in [2.24, 2.45) is 0 Å². The van der Waals surface area contributed by atoms with Gasteiger partial charge in [0.15, 0.2) is 6.29 Å². The van der Waals surface area contributed by atoms with Gasteiger partial charge in [-0.15, -0.1) is 0 Å². The Labute approximate surface area is 122 Å². The second kappa shape index (κ2) is 7.21. The van der Waals surface area contributed by atoms with E-state index in [0.29, 0.717) is 12.1 Å². The van der Waals surface area contributed by atoms with Crippen molar-refractivity contribution >= 4 is 22.9 Å². The van der Waals surface area contributed by atoms with Gasteiger partial charge in [-0.25, -0.2) is 0 Å². The maximum absolute atomic E-state index is 10.9. The Morgan fingerprint density at radius 1 is 1.29 bits per heavy atom. The van der Waals surface area contributed by atoms with E-state index in [9.17, 15) is 4.79 Å². The second-order valence-electron chi connectivity index (χ2n) is 4.29. The third-order valence-electron chi connectivity index (χ3n) is 3.12. The zero-order chi connectivity index (χ0) is 15.1. The summed E-state index contributed by atoms with van der Waals surface area (Å²) in [6, 6.07) is 9.89. The minimum absolute atomic E-state index is 0.619. The van der Waals surface area contributed by atoms with Crippen LogP contribution in [-0.2, 0) is 6.54 Å². The van der Waals surface area contributed by atoms with Gasteiger partial charge in [0.25, 0.3) is 0 Å². The molecule has 0 saturated carbocycles. The lowest BCUT2D eigenvalue weighted by molar-refractivity contribution is 0.112. The van der Waals surface area contributed by atoms with E-state index in [1.807, 2.05) is 18.3 Å². The number of carbonyl (C=O) groups is 1. The van der Waals surface area contributed by atoms with Gasteiger partial charge in [0, 0.05) is 31.6 Å². The topological polar surface area (TPSA) is 78.0 Å². The molecule has 0 amide bonds. The van der Waals surface area contributed by atoms with E-state index >= 15 is 0 Å². The Kier molecular flexibility index (Phi) is 5.06. The number of nitrogens with zero attached hydrogens (tertiary/aromatic N) is 1. The van der Waals surface area contributed by atoms with E-state index in [1.165, 1.54) is 5.39 Å². The smallest absolute Gasteiger partial charge is 0.152 e. The van der Waals surface area contributed by atoms with Crippen molar-refractivity contribution in [2.45, 2.75) is 6.54 Å². The number of aromatic amines is 1. The number of fused-ring (bicyclic) bond motifs is 1. The molecule has 0 aliphatic carbocycles. The largest absolute Gasteiger partial charge is 0.400 e. The molecule has 3 rings (SSSR count). The van der Waals surface area contributed by atoms with Crippen molar-refractivity contribution in [1.29, 1.82) is 0 Å². The monoisotopic (exact) mass is 283 g/mol. The average Bonchev–Trinajstić information content (AvgIpc) is 3.04. The van der Waals surface area contributed by atoms with Crippen LogP contribution in [0, 0.1) is 0 Å². The lowest BCUT2D eigenvalue weighted by Crippen LogP contribution is -2.03. The Hall–Kier alpha value is -2.66. The van der Waals surface area contributed by atoms with Gasteiger partial charge in [-0.1, -0.05) is 18.2 Å². The lowest BCUT2D eigenvalue weighted by atomic mass is 10.1. The third-order valence-corrected chi connectivity index (χ3v) is 3.12. The molecule has 5 nitrogen and oxygen atoms in total. The summed E-state index contributed by atoms with van der Waals surface area (Å²) >= 11 is 0. The van der Waals surface area contributed by atoms with Gasteiger partial charge in [-0.2, -0.15) is 0 Å². The fourth-order valence-corrected chi connectivity index (χ4v) is 2.14. The number of benzene rings is 1. The van der Waals surface area contributed by atoms with Gasteiger partial charge in [-0.05, 0) is 23.1 Å². The quantitative estimate of drug-likeness (QED) is 0.643. The Balaban J connectivity index is 0.000000774. The van der Waals surface area contributed by atoms with Gasteiger partial charge < -0.3 is 15.4 Å². The van der Waals surface area contributed by atoms with E-state index in [2.05, 4.69) is 27.4 Å². The number of hydrogen-bond donors (Lipinski definition) is 3. The number of aromatic nitrogens is 2. The summed E-state index contributed by atoms with van der Waals surface area (Å²) in [4.78, 5) is 18.2. The number of aldehydes is 1. The molecule has 2 aromatic heterocycles. The SMILES string of the molecule is CO.O=Cc1ccncc1NCc1cccc2cc[nH]c12. The Morgan fingerprint density at radius 3 is 2.95 bits per heavy atom. The summed E-state index contributed by atoms with van der Waals surface area (Å²) in [6.45, 7) is 0.643. The van der Waals surface area contributed by atoms with Crippen LogP contribution in [0.15, 0.2) is 48.9 Å². The summed E-state index contributed by atoms with van der Waals surface area (Å²) in [6.07, 6.45) is 6.04. The minimum Gasteiger partial charge on any atom is -0.400 e. The molecule has 0 fully saturated rings. The van der Waals surface area contributed by atoms with Crippen molar-refractivity contribution in [1.82, 2.24) is 9.97 Å². The number of aliphatic hydroxyl groups excluding tert-OH is 1. The molecule has 21 heavy (non-hydrogen) atoms. The molecule has 3 N–H and O–H groups in total. The van der Waals surface area contributed by atoms with E-state index < -0.39 is 0 Å². The van der Waals surface area contributed by atoms with Crippen LogP contribution in [0.1, 0.15) is 15.9 Å². The summed E-state index contributed by atoms with van der Waals surface area (Å²) in [5.74, 6) is 0. The van der Waals surface area contributed by atoms with Crippen LogP contribution in [0.4, 0.5) is 5.69 Å². The van der Waals surface area contributed by atoms with Gasteiger partial charge in [0.05, 0.1) is 17.4 Å². The maximum atomic E-state index is 10.9. The van der Waals surface area contributed by atoms with E-state index in [-0.39, 0.29) is 0 Å². The van der Waals surface area contributed by atoms with Crippen molar-refractivity contribution in [3.8, 4) is 0 Å². The predicted molar refractivity (Wildman–Crippen MR) is 83.4 cm³/mol. The number of aliphatic hydroxyl groups is 1. The van der Waals surface area contributed by atoms with Crippen LogP contribution >= 0.6 is 0 Å². The normalized spacial score (nSPS) is 9.81. The third kappa shape index (κ3) is 3.27. The van der Waals surface area contributed by atoms with Crippen LogP contribution in [-0.4, -0.2) is 28.5 Å². The summed E-state index contributed by atoms with van der Waals surface area (Å²) in [5.41, 5.74) is 3.64. The highest BCUT2D eigenvalue weighted by Crippen LogP contribution is 2.19. The first-order valence-electron chi connectivity index (χ1n) is 6.51. The lowest BCUT2D eigenvalue weighted by Gasteiger charge is -2.09. The number of hydrogen-bond acceptors (Lipinski definition) is 4. The van der Waals surface area contributed by atoms with Crippen LogP contribution in [0.25, 0.3) is 10.9 Å². The fraction of sp³-hybridized carbons (Fsp3) is 0.125. The number of carbonyl (C=O) groups excluding carboxylic acids is 1. The molecular formula is C16H17N3O2. The Morgan fingerprint density at radius 2 is 2.14 bits per heavy atom. The number of H-pyrrole nitrogens is 1. The van der Waals surface area contributed by atoms with Gasteiger partial charge >= 0.3 is 0 Å². The molecule has 0 unspecified atom stereocenters. The highest BCUT2D eigenvalue weighted by atomic mass is 16.2. The molecule has 0 aliphatic heterocycles. The molecule has 0 bridgehead atoms. The second-order valence-corrected chi connectivity index (χ2v) is 4.29. The van der Waals surface area contributed by atoms with Crippen molar-refractivity contribution < 1.29 is 9.90 Å². The number of anilines is 1. The van der Waals surface area contributed by atoms with Gasteiger partial charge in [0.1, 0.15) is 0 Å². The molecule has 1 aromatic carbocycles. The fourth-order valence-electron chi connectivity index (χ4n) is 2.14. The maximum Gasteiger partial charge on any atom is 0.152 e. The van der Waals surface area contributed by atoms with Crippen LogP contribution < -0.4 is 5.32 Å². The standard InChI is InChI=1S/C15H13N3O.CH4O/c19-10-13-4-6-16-9-14(13)18-8-12-3-1-2-11-5-7-17-15(11)12;1-2/h1-7,9-10,17-18H,8H2;2H,1H3. The summed E-state index contributed by atoms with van der Waals surface area (Å²) in [7, 11) is 1.00. The number of para-hydroxylation sites is 1. The zero-order valence-electron chi connectivity index (χ0n) is 11.7. The first kappa shape index (κ1) is 14.7. The summed E-state index contributed by atoms with van der Waals surface area (Å²) in [5, 5.41) is 11.4. The molecule has 2 heterocycles. The highest BCUT2D eigenvalue weighted by Gasteiger charge is 2.04. The van der Waals surface area contributed by atoms with Crippen LogP contribution in [0.2, 0.25) is 0 Å². The number of rotatable bonds is 4. The van der Waals surface area contributed by atoms with E-state index in [4.69, 9.17) is 5.11 Å². The molecule has 3 aromatic rings. The predicted octanol–water partition coefficient (Wildman–Crippen LogP) is 2.60.